The first-order chi connectivity index (χ1) is 8.14. The monoisotopic (exact) mass is 240 g/mol. The highest BCUT2D eigenvalue weighted by molar-refractivity contribution is 5.76. The average molecular weight is 240 g/mol. The van der Waals surface area contributed by atoms with Gasteiger partial charge in [-0.05, 0) is 25.2 Å². The predicted molar refractivity (Wildman–Crippen MR) is 71.7 cm³/mol. The Balaban J connectivity index is 2.47. The number of nitrogens with one attached hydrogen (secondary N) is 1. The number of nitrogens with two attached hydrogens (primary N) is 1. The first-order valence-corrected chi connectivity index (χ1v) is 7.15. The summed E-state index contributed by atoms with van der Waals surface area (Å²) in [6.45, 7) is 4.95. The lowest BCUT2D eigenvalue weighted by Crippen LogP contribution is -2.59. The summed E-state index contributed by atoms with van der Waals surface area (Å²) >= 11 is 0. The lowest BCUT2D eigenvalue weighted by molar-refractivity contribution is -0.124. The van der Waals surface area contributed by atoms with Crippen molar-refractivity contribution in [3.05, 3.63) is 0 Å². The van der Waals surface area contributed by atoms with Gasteiger partial charge in [0, 0.05) is 13.0 Å². The molecule has 1 amide bonds. The molecule has 0 spiro atoms. The van der Waals surface area contributed by atoms with Crippen molar-refractivity contribution in [2.75, 3.05) is 6.54 Å². The third-order valence-corrected chi connectivity index (χ3v) is 4.21. The maximum Gasteiger partial charge on any atom is 0.220 e. The molecule has 3 N–H and O–H groups in total. The average Bonchev–Trinajstić information content (AvgIpc) is 2.32. The van der Waals surface area contributed by atoms with E-state index < -0.39 is 0 Å². The first kappa shape index (κ1) is 14.5. The van der Waals surface area contributed by atoms with Gasteiger partial charge in [0.05, 0.1) is 5.54 Å². The minimum Gasteiger partial charge on any atom is -0.349 e. The first-order valence-electron chi connectivity index (χ1n) is 7.15. The molecule has 0 aromatic heterocycles. The molecule has 3 heteroatoms. The standard InChI is InChI=1S/C14H28N2O/c1-3-4-5-9-13(17)16-14(11-15)10-7-6-8-12(14)2/h12H,3-11,15H2,1-2H3,(H,16,17). The molecule has 0 heterocycles. The molecule has 0 radical (unpaired) electrons. The third-order valence-electron chi connectivity index (χ3n) is 4.21. The Bertz CT molecular complexity index is 242. The summed E-state index contributed by atoms with van der Waals surface area (Å²) in [6.07, 6.45) is 8.64. The van der Waals surface area contributed by atoms with Crippen molar-refractivity contribution in [1.29, 1.82) is 0 Å². The molecule has 1 aliphatic rings. The Labute approximate surface area is 106 Å². The number of unbranched alkanes of at least 4 members (excludes halogenated alkanes) is 2. The van der Waals surface area contributed by atoms with E-state index in [9.17, 15) is 4.79 Å². The van der Waals surface area contributed by atoms with Crippen LogP contribution in [0.2, 0.25) is 0 Å². The third kappa shape index (κ3) is 3.98. The van der Waals surface area contributed by atoms with Crippen molar-refractivity contribution in [3.63, 3.8) is 0 Å². The van der Waals surface area contributed by atoms with Gasteiger partial charge in [-0.3, -0.25) is 4.79 Å². The maximum absolute atomic E-state index is 11.9. The second-order valence-electron chi connectivity index (χ2n) is 5.51. The Morgan fingerprint density at radius 1 is 1.41 bits per heavy atom. The van der Waals surface area contributed by atoms with Crippen LogP contribution in [0.15, 0.2) is 0 Å². The largest absolute Gasteiger partial charge is 0.349 e. The molecule has 3 nitrogen and oxygen atoms in total. The molecule has 0 aromatic rings. The van der Waals surface area contributed by atoms with Crippen LogP contribution in [0.25, 0.3) is 0 Å². The summed E-state index contributed by atoms with van der Waals surface area (Å²) in [7, 11) is 0. The van der Waals surface area contributed by atoms with Gasteiger partial charge in [0.25, 0.3) is 0 Å². The van der Waals surface area contributed by atoms with Crippen molar-refractivity contribution in [3.8, 4) is 0 Å². The van der Waals surface area contributed by atoms with Crippen LogP contribution >= 0.6 is 0 Å². The van der Waals surface area contributed by atoms with Gasteiger partial charge in [0.15, 0.2) is 0 Å². The molecule has 1 fully saturated rings. The van der Waals surface area contributed by atoms with Crippen molar-refractivity contribution >= 4 is 5.91 Å². The predicted octanol–water partition coefficient (Wildman–Crippen LogP) is 2.59. The quantitative estimate of drug-likeness (QED) is 0.701. The van der Waals surface area contributed by atoms with Crippen LogP contribution in [-0.2, 0) is 4.79 Å². The van der Waals surface area contributed by atoms with Crippen LogP contribution in [0.5, 0.6) is 0 Å². The molecular formula is C14H28N2O. The van der Waals surface area contributed by atoms with E-state index in [4.69, 9.17) is 5.73 Å². The van der Waals surface area contributed by atoms with Gasteiger partial charge in [-0.15, -0.1) is 0 Å². The summed E-state index contributed by atoms with van der Waals surface area (Å²) in [5, 5.41) is 3.23. The van der Waals surface area contributed by atoms with Crippen LogP contribution in [0.1, 0.15) is 65.2 Å². The van der Waals surface area contributed by atoms with E-state index in [1.807, 2.05) is 0 Å². The van der Waals surface area contributed by atoms with Crippen LogP contribution in [0.4, 0.5) is 0 Å². The van der Waals surface area contributed by atoms with E-state index in [0.717, 1.165) is 25.7 Å². The Morgan fingerprint density at radius 2 is 2.18 bits per heavy atom. The SMILES string of the molecule is CCCCCC(=O)NC1(CN)CCCCC1C. The highest BCUT2D eigenvalue weighted by Crippen LogP contribution is 2.32. The zero-order valence-corrected chi connectivity index (χ0v) is 11.4. The molecule has 17 heavy (non-hydrogen) atoms. The van der Waals surface area contributed by atoms with Gasteiger partial charge >= 0.3 is 0 Å². The van der Waals surface area contributed by atoms with Crippen LogP contribution in [0, 0.1) is 5.92 Å². The molecule has 0 aromatic carbocycles. The van der Waals surface area contributed by atoms with E-state index in [0.29, 0.717) is 18.9 Å². The molecule has 1 rings (SSSR count). The van der Waals surface area contributed by atoms with E-state index in [1.165, 1.54) is 19.3 Å². The van der Waals surface area contributed by atoms with Crippen molar-refractivity contribution in [2.24, 2.45) is 11.7 Å². The van der Waals surface area contributed by atoms with Gasteiger partial charge in [-0.2, -0.15) is 0 Å². The molecule has 0 saturated heterocycles. The Morgan fingerprint density at radius 3 is 2.76 bits per heavy atom. The van der Waals surface area contributed by atoms with Crippen molar-refractivity contribution in [2.45, 2.75) is 70.8 Å². The normalized spacial score (nSPS) is 29.0. The van der Waals surface area contributed by atoms with E-state index in [2.05, 4.69) is 19.2 Å². The van der Waals surface area contributed by atoms with E-state index in [-0.39, 0.29) is 11.4 Å². The summed E-state index contributed by atoms with van der Waals surface area (Å²) < 4.78 is 0. The topological polar surface area (TPSA) is 55.1 Å². The van der Waals surface area contributed by atoms with Gasteiger partial charge in [0.2, 0.25) is 5.91 Å². The minimum atomic E-state index is -0.123. The molecule has 1 aliphatic carbocycles. The van der Waals surface area contributed by atoms with E-state index in [1.54, 1.807) is 0 Å². The van der Waals surface area contributed by atoms with Crippen LogP contribution in [0.3, 0.4) is 0 Å². The van der Waals surface area contributed by atoms with Gasteiger partial charge in [0.1, 0.15) is 0 Å². The second kappa shape index (κ2) is 7.00. The lowest BCUT2D eigenvalue weighted by atomic mass is 9.73. The number of carbonyl (C=O) groups is 1. The number of amides is 1. The van der Waals surface area contributed by atoms with Crippen molar-refractivity contribution in [1.82, 2.24) is 5.32 Å². The number of hydrogen-bond acceptors (Lipinski definition) is 2. The van der Waals surface area contributed by atoms with Gasteiger partial charge in [-0.1, -0.05) is 39.5 Å². The molecular weight excluding hydrogens is 212 g/mol. The van der Waals surface area contributed by atoms with E-state index >= 15 is 0 Å². The summed E-state index contributed by atoms with van der Waals surface area (Å²) in [6, 6.07) is 0. The molecule has 1 saturated carbocycles. The summed E-state index contributed by atoms with van der Waals surface area (Å²) in [5.41, 5.74) is 5.79. The highest BCUT2D eigenvalue weighted by atomic mass is 16.1. The molecule has 0 aliphatic heterocycles. The lowest BCUT2D eigenvalue weighted by Gasteiger charge is -2.42. The molecule has 2 atom stereocenters. The van der Waals surface area contributed by atoms with Crippen molar-refractivity contribution < 1.29 is 4.79 Å². The second-order valence-corrected chi connectivity index (χ2v) is 5.51. The minimum absolute atomic E-state index is 0.123. The zero-order chi connectivity index (χ0) is 12.7. The summed E-state index contributed by atoms with van der Waals surface area (Å²) in [4.78, 5) is 11.9. The van der Waals surface area contributed by atoms with Gasteiger partial charge < -0.3 is 11.1 Å². The number of rotatable bonds is 6. The molecule has 100 valence electrons. The molecule has 2 unspecified atom stereocenters. The highest BCUT2D eigenvalue weighted by Gasteiger charge is 2.37. The summed E-state index contributed by atoms with van der Waals surface area (Å²) in [5.74, 6) is 0.703. The fourth-order valence-corrected chi connectivity index (χ4v) is 2.83. The maximum atomic E-state index is 11.9. The van der Waals surface area contributed by atoms with Crippen LogP contribution in [-0.4, -0.2) is 18.0 Å². The zero-order valence-electron chi connectivity index (χ0n) is 11.4. The van der Waals surface area contributed by atoms with Crippen LogP contribution < -0.4 is 11.1 Å². The number of carbonyl (C=O) groups excluding carboxylic acids is 1. The fraction of sp³-hybridized carbons (Fsp3) is 0.929. The van der Waals surface area contributed by atoms with Gasteiger partial charge in [-0.25, -0.2) is 0 Å². The fourth-order valence-electron chi connectivity index (χ4n) is 2.83. The Kier molecular flexibility index (Phi) is 5.96. The smallest absolute Gasteiger partial charge is 0.220 e. The molecule has 0 bridgehead atoms. The Hall–Kier alpha value is -0.570. The number of hydrogen-bond donors (Lipinski definition) is 2.